The lowest BCUT2D eigenvalue weighted by Crippen LogP contribution is -1.85. The van der Waals surface area contributed by atoms with Crippen molar-refractivity contribution >= 4 is 33.3 Å². The highest BCUT2D eigenvalue weighted by atomic mass is 32.2. The molecule has 6 heteroatoms. The van der Waals surface area contributed by atoms with E-state index in [1.165, 1.54) is 22.2 Å². The molecule has 0 spiro atoms. The van der Waals surface area contributed by atoms with Crippen molar-refractivity contribution in [2.45, 2.75) is 37.9 Å². The van der Waals surface area contributed by atoms with Gasteiger partial charge in [-0.1, -0.05) is 0 Å². The van der Waals surface area contributed by atoms with Gasteiger partial charge in [0.2, 0.25) is 0 Å². The Kier molecular flexibility index (Phi) is 3.06. The molecular weight excluding hydrogens is 278 g/mol. The summed E-state index contributed by atoms with van der Waals surface area (Å²) in [4.78, 5) is 15.4. The molecule has 0 radical (unpaired) electrons. The fourth-order valence-electron chi connectivity index (χ4n) is 1.80. The van der Waals surface area contributed by atoms with E-state index in [0.29, 0.717) is 5.22 Å². The van der Waals surface area contributed by atoms with Crippen LogP contribution in [-0.2, 0) is 0 Å². The van der Waals surface area contributed by atoms with Gasteiger partial charge < -0.3 is 4.42 Å². The first-order valence-corrected chi connectivity index (χ1v) is 7.52. The molecule has 4 nitrogen and oxygen atoms in total. The van der Waals surface area contributed by atoms with Crippen LogP contribution in [0.25, 0.3) is 10.2 Å². The van der Waals surface area contributed by atoms with Gasteiger partial charge in [0.25, 0.3) is 5.22 Å². The Bertz CT molecular complexity index is 741. The number of hydrogen-bond donors (Lipinski definition) is 0. The van der Waals surface area contributed by atoms with Gasteiger partial charge in [-0.15, -0.1) is 11.3 Å². The van der Waals surface area contributed by atoms with Crippen LogP contribution in [0.2, 0.25) is 0 Å². The number of rotatable bonds is 2. The lowest BCUT2D eigenvalue weighted by Gasteiger charge is -1.99. The second-order valence-electron chi connectivity index (χ2n) is 4.37. The molecule has 0 saturated carbocycles. The van der Waals surface area contributed by atoms with E-state index in [-0.39, 0.29) is 0 Å². The molecule has 3 rings (SSSR count). The van der Waals surface area contributed by atoms with Crippen LogP contribution in [0.4, 0.5) is 0 Å². The molecule has 0 aliphatic heterocycles. The van der Waals surface area contributed by atoms with E-state index in [9.17, 15) is 0 Å². The zero-order valence-electron chi connectivity index (χ0n) is 11.1. The van der Waals surface area contributed by atoms with E-state index in [1.807, 2.05) is 13.8 Å². The summed E-state index contributed by atoms with van der Waals surface area (Å²) in [5.74, 6) is 0.853. The smallest absolute Gasteiger partial charge is 0.262 e. The quantitative estimate of drug-likeness (QED) is 0.666. The van der Waals surface area contributed by atoms with Gasteiger partial charge in [-0.3, -0.25) is 0 Å². The van der Waals surface area contributed by atoms with Gasteiger partial charge in [0.05, 0.1) is 5.69 Å². The minimum Gasteiger partial charge on any atom is -0.436 e. The molecule has 0 aromatic carbocycles. The second-order valence-corrected chi connectivity index (χ2v) is 6.51. The van der Waals surface area contributed by atoms with Crippen LogP contribution in [0.5, 0.6) is 0 Å². The lowest BCUT2D eigenvalue weighted by atomic mass is 10.2. The third-order valence-electron chi connectivity index (χ3n) is 3.12. The van der Waals surface area contributed by atoms with Crippen LogP contribution >= 0.6 is 23.1 Å². The van der Waals surface area contributed by atoms with E-state index in [2.05, 4.69) is 28.8 Å². The Balaban J connectivity index is 2.10. The number of hydrogen-bond acceptors (Lipinski definition) is 6. The van der Waals surface area contributed by atoms with Crippen molar-refractivity contribution in [1.29, 1.82) is 0 Å². The van der Waals surface area contributed by atoms with Crippen molar-refractivity contribution in [3.8, 4) is 0 Å². The van der Waals surface area contributed by atoms with Crippen LogP contribution < -0.4 is 0 Å². The van der Waals surface area contributed by atoms with Crippen molar-refractivity contribution < 1.29 is 4.42 Å². The topological polar surface area (TPSA) is 51.8 Å². The fourth-order valence-corrected chi connectivity index (χ4v) is 3.82. The number of nitrogens with zero attached hydrogens (tertiary/aromatic N) is 3. The first-order valence-electron chi connectivity index (χ1n) is 5.89. The Morgan fingerprint density at radius 3 is 2.63 bits per heavy atom. The molecule has 0 amide bonds. The normalized spacial score (nSPS) is 11.4. The third-order valence-corrected chi connectivity index (χ3v) is 5.09. The van der Waals surface area contributed by atoms with Crippen LogP contribution in [-0.4, -0.2) is 15.0 Å². The van der Waals surface area contributed by atoms with Gasteiger partial charge in [-0.25, -0.2) is 15.0 Å². The maximum atomic E-state index is 5.61. The Morgan fingerprint density at radius 1 is 1.16 bits per heavy atom. The molecular formula is C13H13N3OS2. The zero-order chi connectivity index (χ0) is 13.6. The summed E-state index contributed by atoms with van der Waals surface area (Å²) in [7, 11) is 0. The van der Waals surface area contributed by atoms with Crippen LogP contribution in [0.1, 0.15) is 21.9 Å². The zero-order valence-corrected chi connectivity index (χ0v) is 12.8. The summed E-state index contributed by atoms with van der Waals surface area (Å²) in [5, 5.41) is 2.66. The second kappa shape index (κ2) is 4.61. The molecule has 0 atom stereocenters. The molecule has 0 bridgehead atoms. The van der Waals surface area contributed by atoms with Crippen LogP contribution in [0.3, 0.4) is 0 Å². The average molecular weight is 291 g/mol. The number of aromatic nitrogens is 3. The van der Waals surface area contributed by atoms with Gasteiger partial charge in [0.1, 0.15) is 21.9 Å². The Labute approximate surface area is 119 Å². The number of oxazole rings is 1. The van der Waals surface area contributed by atoms with E-state index in [1.54, 1.807) is 17.7 Å². The average Bonchev–Trinajstić information content (AvgIpc) is 2.82. The first kappa shape index (κ1) is 12.6. The SMILES string of the molecule is Cc1nc(Sc2ncnc3sc(C)c(C)c23)oc1C. The monoisotopic (exact) mass is 291 g/mol. The molecule has 0 aliphatic carbocycles. The lowest BCUT2D eigenvalue weighted by molar-refractivity contribution is 0.431. The molecule has 0 unspecified atom stereocenters. The highest BCUT2D eigenvalue weighted by Gasteiger charge is 2.15. The molecule has 3 heterocycles. The third kappa shape index (κ3) is 2.15. The number of fused-ring (bicyclic) bond motifs is 1. The molecule has 3 aromatic rings. The maximum Gasteiger partial charge on any atom is 0.262 e. The van der Waals surface area contributed by atoms with Crippen molar-refractivity contribution in [1.82, 2.24) is 15.0 Å². The van der Waals surface area contributed by atoms with Gasteiger partial charge in [0.15, 0.2) is 0 Å². The summed E-state index contributed by atoms with van der Waals surface area (Å²) in [6, 6.07) is 0. The van der Waals surface area contributed by atoms with E-state index in [0.717, 1.165) is 26.7 Å². The van der Waals surface area contributed by atoms with E-state index in [4.69, 9.17) is 4.42 Å². The Morgan fingerprint density at radius 2 is 1.95 bits per heavy atom. The van der Waals surface area contributed by atoms with Gasteiger partial charge in [-0.05, 0) is 45.0 Å². The first-order chi connectivity index (χ1) is 9.06. The van der Waals surface area contributed by atoms with Gasteiger partial charge >= 0.3 is 0 Å². The van der Waals surface area contributed by atoms with Crippen molar-refractivity contribution in [2.75, 3.05) is 0 Å². The van der Waals surface area contributed by atoms with E-state index >= 15 is 0 Å². The summed E-state index contributed by atoms with van der Waals surface area (Å²) in [5.41, 5.74) is 2.16. The molecule has 19 heavy (non-hydrogen) atoms. The molecule has 0 N–H and O–H groups in total. The maximum absolute atomic E-state index is 5.61. The summed E-state index contributed by atoms with van der Waals surface area (Å²) >= 11 is 3.15. The summed E-state index contributed by atoms with van der Waals surface area (Å²) in [6.07, 6.45) is 1.60. The molecule has 0 saturated heterocycles. The fraction of sp³-hybridized carbons (Fsp3) is 0.308. The summed E-state index contributed by atoms with van der Waals surface area (Å²) < 4.78 is 5.61. The van der Waals surface area contributed by atoms with Crippen LogP contribution in [0.15, 0.2) is 21.0 Å². The van der Waals surface area contributed by atoms with Crippen molar-refractivity contribution in [2.24, 2.45) is 0 Å². The van der Waals surface area contributed by atoms with Crippen molar-refractivity contribution in [3.05, 3.63) is 28.2 Å². The van der Waals surface area contributed by atoms with Crippen LogP contribution in [0, 0.1) is 27.7 Å². The minimum absolute atomic E-state index is 0.637. The predicted octanol–water partition coefficient (Wildman–Crippen LogP) is 4.06. The number of aryl methyl sites for hydroxylation is 4. The minimum atomic E-state index is 0.637. The van der Waals surface area contributed by atoms with Gasteiger partial charge in [0, 0.05) is 10.3 Å². The predicted molar refractivity (Wildman–Crippen MR) is 77.0 cm³/mol. The highest BCUT2D eigenvalue weighted by molar-refractivity contribution is 7.99. The molecule has 0 aliphatic rings. The van der Waals surface area contributed by atoms with Gasteiger partial charge in [-0.2, -0.15) is 0 Å². The largest absolute Gasteiger partial charge is 0.436 e. The standard InChI is InChI=1S/C13H13N3OS2/c1-6-9(4)18-11-10(6)12(15-5-14-11)19-13-16-7(2)8(3)17-13/h5H,1-4H3. The summed E-state index contributed by atoms with van der Waals surface area (Å²) in [6.45, 7) is 8.07. The molecule has 3 aromatic heterocycles. The molecule has 0 fully saturated rings. The Hall–Kier alpha value is -1.40. The highest BCUT2D eigenvalue weighted by Crippen LogP contribution is 2.37. The number of thiophene rings is 1. The van der Waals surface area contributed by atoms with Crippen molar-refractivity contribution in [3.63, 3.8) is 0 Å². The molecule has 98 valence electrons. The van der Waals surface area contributed by atoms with E-state index < -0.39 is 0 Å².